The molecule has 4 rings (SSSR count). The first-order valence-corrected chi connectivity index (χ1v) is 9.14. The lowest BCUT2D eigenvalue weighted by molar-refractivity contribution is 0.0941. The van der Waals surface area contributed by atoms with E-state index in [4.69, 9.17) is 27.6 Å². The van der Waals surface area contributed by atoms with Gasteiger partial charge in [0.25, 0.3) is 5.91 Å². The molecule has 4 nitrogen and oxygen atoms in total. The van der Waals surface area contributed by atoms with Gasteiger partial charge in [0.1, 0.15) is 11.5 Å². The van der Waals surface area contributed by atoms with Crippen molar-refractivity contribution in [2.45, 2.75) is 6.54 Å². The van der Waals surface area contributed by atoms with E-state index >= 15 is 0 Å². The minimum atomic E-state index is -0.189. The Morgan fingerprint density at radius 3 is 2.52 bits per heavy atom. The van der Waals surface area contributed by atoms with Crippen molar-refractivity contribution in [3.63, 3.8) is 0 Å². The van der Waals surface area contributed by atoms with Crippen LogP contribution in [0.3, 0.4) is 0 Å². The number of carbonyl (C=O) groups excluding carboxylic acids is 1. The molecule has 0 atom stereocenters. The van der Waals surface area contributed by atoms with E-state index in [2.05, 4.69) is 5.32 Å². The summed E-state index contributed by atoms with van der Waals surface area (Å²) in [6.07, 6.45) is 1.58. The molecule has 0 saturated heterocycles. The number of nitrogens with zero attached hydrogens (tertiary/aromatic N) is 1. The van der Waals surface area contributed by atoms with Crippen LogP contribution in [-0.4, -0.2) is 10.5 Å². The van der Waals surface area contributed by atoms with Crippen molar-refractivity contribution in [2.24, 2.45) is 7.05 Å². The summed E-state index contributed by atoms with van der Waals surface area (Å²) in [5.41, 5.74) is 3.20. The number of hydrogen-bond acceptors (Lipinski definition) is 2. The molecular weight excluding hydrogens is 383 g/mol. The van der Waals surface area contributed by atoms with Crippen LogP contribution in [0.2, 0.25) is 10.0 Å². The van der Waals surface area contributed by atoms with E-state index in [1.165, 1.54) is 0 Å². The molecule has 0 bridgehead atoms. The highest BCUT2D eigenvalue weighted by Crippen LogP contribution is 2.36. The number of nitrogens with one attached hydrogen (secondary N) is 1. The third kappa shape index (κ3) is 3.34. The molecule has 0 radical (unpaired) electrons. The molecule has 136 valence electrons. The molecule has 2 heterocycles. The van der Waals surface area contributed by atoms with Crippen LogP contribution in [-0.2, 0) is 13.6 Å². The number of aryl methyl sites for hydroxylation is 1. The number of halogens is 2. The van der Waals surface area contributed by atoms with Crippen LogP contribution in [0.15, 0.2) is 65.3 Å². The zero-order valence-electron chi connectivity index (χ0n) is 14.5. The van der Waals surface area contributed by atoms with E-state index in [0.717, 1.165) is 22.0 Å². The van der Waals surface area contributed by atoms with Crippen LogP contribution in [0.4, 0.5) is 0 Å². The van der Waals surface area contributed by atoms with Crippen LogP contribution < -0.4 is 5.32 Å². The fourth-order valence-electron chi connectivity index (χ4n) is 3.26. The lowest BCUT2D eigenvalue weighted by Crippen LogP contribution is -2.25. The van der Waals surface area contributed by atoms with Crippen LogP contribution in [0.25, 0.3) is 22.0 Å². The monoisotopic (exact) mass is 398 g/mol. The van der Waals surface area contributed by atoms with Gasteiger partial charge in [-0.1, -0.05) is 35.3 Å². The van der Waals surface area contributed by atoms with Gasteiger partial charge >= 0.3 is 0 Å². The third-order valence-electron chi connectivity index (χ3n) is 4.51. The number of carbonyl (C=O) groups is 1. The quantitative estimate of drug-likeness (QED) is 0.480. The van der Waals surface area contributed by atoms with Crippen molar-refractivity contribution in [1.82, 2.24) is 9.88 Å². The van der Waals surface area contributed by atoms with Gasteiger partial charge in [-0.3, -0.25) is 4.79 Å². The first-order chi connectivity index (χ1) is 13.0. The molecule has 0 spiro atoms. The number of fused-ring (bicyclic) bond motifs is 1. The van der Waals surface area contributed by atoms with Crippen molar-refractivity contribution in [2.75, 3.05) is 0 Å². The molecule has 1 amide bonds. The summed E-state index contributed by atoms with van der Waals surface area (Å²) in [6.45, 7) is 0.314. The van der Waals surface area contributed by atoms with Crippen molar-refractivity contribution in [3.05, 3.63) is 82.4 Å². The number of benzene rings is 2. The Morgan fingerprint density at radius 1 is 1.07 bits per heavy atom. The topological polar surface area (TPSA) is 47.2 Å². The van der Waals surface area contributed by atoms with E-state index in [0.29, 0.717) is 28.0 Å². The molecule has 1 N–H and O–H groups in total. The van der Waals surface area contributed by atoms with Gasteiger partial charge in [-0.25, -0.2) is 0 Å². The fraction of sp³-hybridized carbons (Fsp3) is 0.0952. The zero-order chi connectivity index (χ0) is 19.0. The lowest BCUT2D eigenvalue weighted by atomic mass is 10.0. The van der Waals surface area contributed by atoms with Gasteiger partial charge in [0.2, 0.25) is 0 Å². The summed E-state index contributed by atoms with van der Waals surface area (Å²) >= 11 is 12.3. The Balaban J connectivity index is 1.85. The Hall–Kier alpha value is -2.69. The van der Waals surface area contributed by atoms with Crippen molar-refractivity contribution in [1.29, 1.82) is 0 Å². The van der Waals surface area contributed by atoms with Crippen LogP contribution in [0.5, 0.6) is 0 Å². The molecule has 2 aromatic heterocycles. The minimum absolute atomic E-state index is 0.189. The highest BCUT2D eigenvalue weighted by Gasteiger charge is 2.22. The van der Waals surface area contributed by atoms with Crippen molar-refractivity contribution in [3.8, 4) is 11.1 Å². The Bertz CT molecular complexity index is 1110. The Morgan fingerprint density at radius 2 is 1.81 bits per heavy atom. The smallest absolute Gasteiger partial charge is 0.268 e. The molecule has 0 fully saturated rings. The van der Waals surface area contributed by atoms with Gasteiger partial charge in [0.15, 0.2) is 0 Å². The van der Waals surface area contributed by atoms with E-state index in [-0.39, 0.29) is 5.91 Å². The van der Waals surface area contributed by atoms with E-state index < -0.39 is 0 Å². The van der Waals surface area contributed by atoms with Crippen molar-refractivity contribution < 1.29 is 9.21 Å². The Kier molecular flexibility index (Phi) is 4.68. The molecule has 0 unspecified atom stereocenters. The van der Waals surface area contributed by atoms with Gasteiger partial charge in [-0.2, -0.15) is 0 Å². The molecule has 6 heteroatoms. The van der Waals surface area contributed by atoms with Gasteiger partial charge in [0, 0.05) is 33.6 Å². The zero-order valence-corrected chi connectivity index (χ0v) is 16.0. The van der Waals surface area contributed by atoms with Crippen LogP contribution in [0.1, 0.15) is 16.2 Å². The fourth-order valence-corrected chi connectivity index (χ4v) is 3.55. The minimum Gasteiger partial charge on any atom is -0.467 e. The standard InChI is InChI=1S/C21H16Cl2N2O2/c1-25-18-9-8-15(23)11-17(18)19(13-4-6-14(22)7-5-13)20(25)21(26)24-12-16-3-2-10-27-16/h2-11H,12H2,1H3,(H,24,26). The maximum absolute atomic E-state index is 13.0. The maximum Gasteiger partial charge on any atom is 0.268 e. The van der Waals surface area contributed by atoms with E-state index in [1.54, 1.807) is 12.3 Å². The number of furan rings is 1. The molecular formula is C21H16Cl2N2O2. The van der Waals surface area contributed by atoms with Gasteiger partial charge in [-0.05, 0) is 48.0 Å². The molecule has 0 aliphatic carbocycles. The number of amides is 1. The van der Waals surface area contributed by atoms with Gasteiger partial charge < -0.3 is 14.3 Å². The third-order valence-corrected chi connectivity index (χ3v) is 5.00. The van der Waals surface area contributed by atoms with Gasteiger partial charge in [0.05, 0.1) is 12.8 Å². The van der Waals surface area contributed by atoms with E-state index in [1.807, 2.05) is 60.1 Å². The second-order valence-corrected chi connectivity index (χ2v) is 7.09. The Labute approximate surface area is 166 Å². The lowest BCUT2D eigenvalue weighted by Gasteiger charge is -2.09. The molecule has 0 saturated carbocycles. The summed E-state index contributed by atoms with van der Waals surface area (Å²) in [5.74, 6) is 0.504. The summed E-state index contributed by atoms with van der Waals surface area (Å²) in [5, 5.41) is 5.10. The molecule has 27 heavy (non-hydrogen) atoms. The first kappa shape index (κ1) is 17.7. The first-order valence-electron chi connectivity index (χ1n) is 8.39. The summed E-state index contributed by atoms with van der Waals surface area (Å²) in [6, 6.07) is 16.7. The van der Waals surface area contributed by atoms with E-state index in [9.17, 15) is 4.79 Å². The van der Waals surface area contributed by atoms with Crippen LogP contribution >= 0.6 is 23.2 Å². The van der Waals surface area contributed by atoms with Crippen LogP contribution in [0, 0.1) is 0 Å². The largest absolute Gasteiger partial charge is 0.467 e. The maximum atomic E-state index is 13.0. The molecule has 4 aromatic rings. The second kappa shape index (κ2) is 7.14. The predicted molar refractivity (Wildman–Crippen MR) is 108 cm³/mol. The average molecular weight is 399 g/mol. The van der Waals surface area contributed by atoms with Crippen molar-refractivity contribution >= 4 is 40.0 Å². The summed E-state index contributed by atoms with van der Waals surface area (Å²) in [7, 11) is 1.87. The van der Waals surface area contributed by atoms with Gasteiger partial charge in [-0.15, -0.1) is 0 Å². The highest BCUT2D eigenvalue weighted by molar-refractivity contribution is 6.32. The summed E-state index contributed by atoms with van der Waals surface area (Å²) < 4.78 is 7.18. The molecule has 2 aromatic carbocycles. The number of rotatable bonds is 4. The SMILES string of the molecule is Cn1c(C(=O)NCc2ccco2)c(-c2ccc(Cl)cc2)c2cc(Cl)ccc21. The molecule has 0 aliphatic rings. The number of aromatic nitrogens is 1. The normalized spacial score (nSPS) is 11.1. The highest BCUT2D eigenvalue weighted by atomic mass is 35.5. The molecule has 0 aliphatic heterocycles. The predicted octanol–water partition coefficient (Wildman–Crippen LogP) is 5.68. The number of hydrogen-bond donors (Lipinski definition) is 1. The summed E-state index contributed by atoms with van der Waals surface area (Å²) in [4.78, 5) is 13.0. The average Bonchev–Trinajstić information content (AvgIpc) is 3.27. The second-order valence-electron chi connectivity index (χ2n) is 6.21.